The number of thiophene rings is 1. The first-order chi connectivity index (χ1) is 14.6. The third-order valence-corrected chi connectivity index (χ3v) is 5.79. The zero-order valence-corrected chi connectivity index (χ0v) is 17.3. The monoisotopic (exact) mass is 419 g/mol. The molecule has 0 aliphatic heterocycles. The first-order valence-electron chi connectivity index (χ1n) is 9.60. The fourth-order valence-corrected chi connectivity index (χ4v) is 4.13. The van der Waals surface area contributed by atoms with Crippen LogP contribution >= 0.6 is 11.3 Å². The second-order valence-electron chi connectivity index (χ2n) is 6.92. The van der Waals surface area contributed by atoms with E-state index < -0.39 is 0 Å². The van der Waals surface area contributed by atoms with Crippen LogP contribution in [-0.4, -0.2) is 38.8 Å². The highest BCUT2D eigenvalue weighted by Crippen LogP contribution is 2.17. The largest absolute Gasteiger partial charge is 0.395 e. The van der Waals surface area contributed by atoms with E-state index in [0.717, 1.165) is 16.0 Å². The van der Waals surface area contributed by atoms with Gasteiger partial charge < -0.3 is 10.0 Å². The van der Waals surface area contributed by atoms with Gasteiger partial charge in [0.2, 0.25) is 0 Å². The Kier molecular flexibility index (Phi) is 5.74. The summed E-state index contributed by atoms with van der Waals surface area (Å²) in [6.45, 7) is 2.46. The molecule has 4 aromatic rings. The summed E-state index contributed by atoms with van der Waals surface area (Å²) in [5.41, 5.74) is 1.65. The molecule has 0 spiro atoms. The van der Waals surface area contributed by atoms with Gasteiger partial charge in [-0.3, -0.25) is 9.59 Å². The van der Waals surface area contributed by atoms with Crippen molar-refractivity contribution >= 4 is 28.0 Å². The van der Waals surface area contributed by atoms with E-state index in [-0.39, 0.29) is 24.6 Å². The van der Waals surface area contributed by atoms with Crippen LogP contribution in [0.1, 0.15) is 20.9 Å². The van der Waals surface area contributed by atoms with Crippen LogP contribution in [0.3, 0.4) is 0 Å². The maximum atomic E-state index is 12.9. The van der Waals surface area contributed by atoms with Gasteiger partial charge in [-0.25, -0.2) is 0 Å². The molecule has 0 atom stereocenters. The normalized spacial score (nSPS) is 11.0. The Balaban J connectivity index is 1.64. The summed E-state index contributed by atoms with van der Waals surface area (Å²) in [6, 6.07) is 18.1. The smallest absolute Gasteiger partial charge is 0.279 e. The number of hydrogen-bond donors (Lipinski definition) is 1. The SMILES string of the molecule is Cc1nn(-c2ccc(C(=O)N(CCO)Cc3cccs3)cc2)c(=O)c2ccccc12. The molecule has 0 aliphatic carbocycles. The lowest BCUT2D eigenvalue weighted by Crippen LogP contribution is -2.32. The molecule has 152 valence electrons. The van der Waals surface area contributed by atoms with Gasteiger partial charge in [0.1, 0.15) is 0 Å². The molecule has 2 aromatic heterocycles. The molecule has 7 heteroatoms. The van der Waals surface area contributed by atoms with Crippen LogP contribution < -0.4 is 5.56 Å². The number of fused-ring (bicyclic) bond motifs is 1. The topological polar surface area (TPSA) is 75.4 Å². The van der Waals surface area contributed by atoms with Crippen molar-refractivity contribution in [2.24, 2.45) is 0 Å². The summed E-state index contributed by atoms with van der Waals surface area (Å²) >= 11 is 1.57. The molecule has 1 N–H and O–H groups in total. The molecule has 2 aromatic carbocycles. The number of hydrogen-bond acceptors (Lipinski definition) is 5. The van der Waals surface area contributed by atoms with Crippen molar-refractivity contribution in [2.45, 2.75) is 13.5 Å². The van der Waals surface area contributed by atoms with Crippen LogP contribution in [-0.2, 0) is 6.54 Å². The molecule has 6 nitrogen and oxygen atoms in total. The first-order valence-corrected chi connectivity index (χ1v) is 10.5. The number of benzene rings is 2. The molecule has 1 amide bonds. The second kappa shape index (κ2) is 8.61. The van der Waals surface area contributed by atoms with Gasteiger partial charge in [0, 0.05) is 22.4 Å². The maximum Gasteiger partial charge on any atom is 0.279 e. The van der Waals surface area contributed by atoms with Crippen molar-refractivity contribution in [3.8, 4) is 5.69 Å². The average Bonchev–Trinajstić information content (AvgIpc) is 3.29. The molecule has 0 saturated heterocycles. The van der Waals surface area contributed by atoms with Gasteiger partial charge in [-0.05, 0) is 48.7 Å². The Bertz CT molecular complexity index is 1230. The van der Waals surface area contributed by atoms with Gasteiger partial charge >= 0.3 is 0 Å². The van der Waals surface area contributed by atoms with Crippen LogP contribution in [0, 0.1) is 6.92 Å². The summed E-state index contributed by atoms with van der Waals surface area (Å²) < 4.78 is 1.36. The van der Waals surface area contributed by atoms with E-state index >= 15 is 0 Å². The number of aliphatic hydroxyl groups excluding tert-OH is 1. The van der Waals surface area contributed by atoms with E-state index in [1.165, 1.54) is 4.68 Å². The van der Waals surface area contributed by atoms with Crippen molar-refractivity contribution in [1.82, 2.24) is 14.7 Å². The summed E-state index contributed by atoms with van der Waals surface area (Å²) in [5, 5.41) is 17.2. The Morgan fingerprint density at radius 2 is 1.80 bits per heavy atom. The quantitative estimate of drug-likeness (QED) is 0.520. The third kappa shape index (κ3) is 3.90. The number of aromatic nitrogens is 2. The summed E-state index contributed by atoms with van der Waals surface area (Å²) in [5.74, 6) is -0.168. The molecule has 0 aliphatic rings. The van der Waals surface area contributed by atoms with Crippen molar-refractivity contribution in [2.75, 3.05) is 13.2 Å². The highest BCUT2D eigenvalue weighted by Gasteiger charge is 2.17. The molecule has 4 rings (SSSR count). The van der Waals surface area contributed by atoms with Gasteiger partial charge in [0.25, 0.3) is 11.5 Å². The van der Waals surface area contributed by atoms with Crippen molar-refractivity contribution in [1.29, 1.82) is 0 Å². The minimum absolute atomic E-state index is 0.106. The summed E-state index contributed by atoms with van der Waals surface area (Å²) in [7, 11) is 0. The number of aliphatic hydroxyl groups is 1. The maximum absolute atomic E-state index is 12.9. The van der Waals surface area contributed by atoms with E-state index in [9.17, 15) is 14.7 Å². The minimum Gasteiger partial charge on any atom is -0.395 e. The van der Waals surface area contributed by atoms with E-state index in [1.807, 2.05) is 42.6 Å². The Labute approximate surface area is 177 Å². The predicted octanol–water partition coefficient (Wildman–Crippen LogP) is 3.39. The van der Waals surface area contributed by atoms with Crippen LogP contribution in [0.25, 0.3) is 16.5 Å². The fourth-order valence-electron chi connectivity index (χ4n) is 3.42. The molecule has 0 saturated carbocycles. The number of amides is 1. The third-order valence-electron chi connectivity index (χ3n) is 4.93. The number of aryl methyl sites for hydroxylation is 1. The zero-order chi connectivity index (χ0) is 21.1. The van der Waals surface area contributed by atoms with E-state index in [0.29, 0.717) is 23.2 Å². The van der Waals surface area contributed by atoms with Crippen LogP contribution in [0.15, 0.2) is 70.8 Å². The van der Waals surface area contributed by atoms with Crippen LogP contribution in [0.5, 0.6) is 0 Å². The molecule has 0 fully saturated rings. The average molecular weight is 420 g/mol. The van der Waals surface area contributed by atoms with Crippen LogP contribution in [0.2, 0.25) is 0 Å². The van der Waals surface area contributed by atoms with Crippen molar-refractivity contribution in [3.63, 3.8) is 0 Å². The lowest BCUT2D eigenvalue weighted by Gasteiger charge is -2.21. The number of carbonyl (C=O) groups excluding carboxylic acids is 1. The molecule has 0 radical (unpaired) electrons. The summed E-state index contributed by atoms with van der Waals surface area (Å²) in [4.78, 5) is 28.5. The Morgan fingerprint density at radius 3 is 2.47 bits per heavy atom. The molecule has 0 bridgehead atoms. The molecule has 2 heterocycles. The molecular formula is C23H21N3O3S. The number of rotatable bonds is 6. The second-order valence-corrected chi connectivity index (χ2v) is 7.96. The zero-order valence-electron chi connectivity index (χ0n) is 16.5. The van der Waals surface area contributed by atoms with Gasteiger partial charge in [-0.1, -0.05) is 24.3 Å². The minimum atomic E-state index is -0.199. The van der Waals surface area contributed by atoms with Gasteiger partial charge in [-0.15, -0.1) is 11.3 Å². The number of nitrogens with zero attached hydrogens (tertiary/aromatic N) is 3. The molecule has 0 unspecified atom stereocenters. The Hall–Kier alpha value is -3.29. The predicted molar refractivity (Wildman–Crippen MR) is 118 cm³/mol. The summed E-state index contributed by atoms with van der Waals surface area (Å²) in [6.07, 6.45) is 0. The molecule has 30 heavy (non-hydrogen) atoms. The fraction of sp³-hybridized carbons (Fsp3) is 0.174. The first kappa shape index (κ1) is 20.0. The van der Waals surface area contributed by atoms with E-state index in [4.69, 9.17) is 0 Å². The highest BCUT2D eigenvalue weighted by atomic mass is 32.1. The van der Waals surface area contributed by atoms with E-state index in [2.05, 4.69) is 5.10 Å². The van der Waals surface area contributed by atoms with Gasteiger partial charge in [-0.2, -0.15) is 9.78 Å². The van der Waals surface area contributed by atoms with Gasteiger partial charge in [0.15, 0.2) is 0 Å². The number of carbonyl (C=O) groups is 1. The van der Waals surface area contributed by atoms with Crippen LogP contribution in [0.4, 0.5) is 0 Å². The Morgan fingerprint density at radius 1 is 1.07 bits per heavy atom. The van der Waals surface area contributed by atoms with Gasteiger partial charge in [0.05, 0.1) is 29.9 Å². The lowest BCUT2D eigenvalue weighted by atomic mass is 10.1. The lowest BCUT2D eigenvalue weighted by molar-refractivity contribution is 0.0709. The molecular weight excluding hydrogens is 398 g/mol. The van der Waals surface area contributed by atoms with E-state index in [1.54, 1.807) is 46.6 Å². The standard InChI is InChI=1S/C23H21N3O3S/c1-16-20-6-2-3-7-21(20)23(29)26(24-16)18-10-8-17(9-11-18)22(28)25(12-13-27)15-19-5-4-14-30-19/h2-11,14,27H,12-13,15H2,1H3. The highest BCUT2D eigenvalue weighted by molar-refractivity contribution is 7.09. The van der Waals surface area contributed by atoms with Crippen molar-refractivity contribution < 1.29 is 9.90 Å². The van der Waals surface area contributed by atoms with Crippen molar-refractivity contribution in [3.05, 3.63) is 92.5 Å².